The van der Waals surface area contributed by atoms with Crippen LogP contribution in [0, 0.1) is 5.92 Å². The van der Waals surface area contributed by atoms with Gasteiger partial charge in [-0.1, -0.05) is 24.6 Å². The largest absolute Gasteiger partial charge is 0.345 e. The molecule has 2 aromatic rings. The van der Waals surface area contributed by atoms with Crippen molar-refractivity contribution in [3.05, 3.63) is 40.3 Å². The summed E-state index contributed by atoms with van der Waals surface area (Å²) in [5.74, 6) is 0.626. The summed E-state index contributed by atoms with van der Waals surface area (Å²) in [5.41, 5.74) is 0.430. The zero-order valence-corrected chi connectivity index (χ0v) is 16.0. The topological polar surface area (TPSA) is 69.3 Å². The number of likely N-dealkylation sites (N-methyl/N-ethyl adjacent to an activating group) is 1. The van der Waals surface area contributed by atoms with Crippen LogP contribution in [-0.2, 0) is 11.2 Å². The SMILES string of the molecule is CN(C[C@@H]1CCCN2CCCC[C@@H]12)C(=O)Cc1n[nH]c(=O)c2ccccc12. The van der Waals surface area contributed by atoms with Gasteiger partial charge in [0.1, 0.15) is 0 Å². The lowest BCUT2D eigenvalue weighted by Gasteiger charge is -2.45. The first-order chi connectivity index (χ1) is 13.1. The van der Waals surface area contributed by atoms with Crippen molar-refractivity contribution in [2.24, 2.45) is 5.92 Å². The molecule has 1 aromatic heterocycles. The number of piperidine rings is 2. The van der Waals surface area contributed by atoms with Crippen molar-refractivity contribution in [1.29, 1.82) is 0 Å². The van der Waals surface area contributed by atoms with E-state index >= 15 is 0 Å². The van der Waals surface area contributed by atoms with Crippen LogP contribution in [0.2, 0.25) is 0 Å². The summed E-state index contributed by atoms with van der Waals surface area (Å²) in [6.07, 6.45) is 6.53. The van der Waals surface area contributed by atoms with Crippen LogP contribution in [0.3, 0.4) is 0 Å². The monoisotopic (exact) mass is 368 g/mol. The molecule has 2 aliphatic heterocycles. The molecule has 1 aromatic carbocycles. The van der Waals surface area contributed by atoms with Gasteiger partial charge in [0.25, 0.3) is 5.56 Å². The van der Waals surface area contributed by atoms with Crippen LogP contribution < -0.4 is 5.56 Å². The lowest BCUT2D eigenvalue weighted by Crippen LogP contribution is -2.51. The van der Waals surface area contributed by atoms with Crippen molar-refractivity contribution in [3.63, 3.8) is 0 Å². The van der Waals surface area contributed by atoms with Crippen molar-refractivity contribution >= 4 is 16.7 Å². The quantitative estimate of drug-likeness (QED) is 0.898. The molecule has 144 valence electrons. The fourth-order valence-electron chi connectivity index (χ4n) is 4.83. The summed E-state index contributed by atoms with van der Waals surface area (Å²) in [6, 6.07) is 7.97. The molecule has 2 saturated heterocycles. The predicted molar refractivity (Wildman–Crippen MR) is 106 cm³/mol. The van der Waals surface area contributed by atoms with Crippen molar-refractivity contribution < 1.29 is 4.79 Å². The van der Waals surface area contributed by atoms with Crippen LogP contribution in [0.5, 0.6) is 0 Å². The van der Waals surface area contributed by atoms with Gasteiger partial charge in [-0.2, -0.15) is 5.10 Å². The minimum atomic E-state index is -0.213. The molecule has 2 atom stereocenters. The van der Waals surface area contributed by atoms with Crippen LogP contribution in [-0.4, -0.2) is 58.6 Å². The molecule has 2 fully saturated rings. The third-order valence-electron chi connectivity index (χ3n) is 6.26. The highest BCUT2D eigenvalue weighted by Gasteiger charge is 2.34. The minimum absolute atomic E-state index is 0.0626. The number of benzene rings is 1. The van der Waals surface area contributed by atoms with Crippen LogP contribution >= 0.6 is 0 Å². The van der Waals surface area contributed by atoms with Gasteiger partial charge in [-0.25, -0.2) is 5.10 Å². The smallest absolute Gasteiger partial charge is 0.272 e. The van der Waals surface area contributed by atoms with Crippen molar-refractivity contribution in [1.82, 2.24) is 20.0 Å². The van der Waals surface area contributed by atoms with Crippen LogP contribution in [0.25, 0.3) is 10.8 Å². The number of amides is 1. The highest BCUT2D eigenvalue weighted by atomic mass is 16.2. The average molecular weight is 368 g/mol. The molecule has 0 radical (unpaired) electrons. The first-order valence-electron chi connectivity index (χ1n) is 10.1. The van der Waals surface area contributed by atoms with E-state index in [1.807, 2.05) is 30.1 Å². The van der Waals surface area contributed by atoms with Gasteiger partial charge < -0.3 is 9.80 Å². The van der Waals surface area contributed by atoms with E-state index in [1.54, 1.807) is 6.07 Å². The van der Waals surface area contributed by atoms with Gasteiger partial charge in [0.15, 0.2) is 0 Å². The number of H-pyrrole nitrogens is 1. The van der Waals surface area contributed by atoms with Gasteiger partial charge in [0.2, 0.25) is 5.91 Å². The first-order valence-corrected chi connectivity index (χ1v) is 10.1. The van der Waals surface area contributed by atoms with E-state index in [2.05, 4.69) is 15.1 Å². The van der Waals surface area contributed by atoms with Crippen LogP contribution in [0.15, 0.2) is 29.1 Å². The number of carbonyl (C=O) groups is 1. The standard InChI is InChI=1S/C21H28N4O2/c1-24(14-15-7-6-12-25-11-5-4-10-19(15)25)20(26)13-18-16-8-2-3-9-17(16)21(27)23-22-18/h2-3,8-9,15,19H,4-7,10-14H2,1H3,(H,23,27)/t15-,19-/m0/s1. The number of aromatic amines is 1. The zero-order valence-electron chi connectivity index (χ0n) is 16.0. The van der Waals surface area contributed by atoms with E-state index in [4.69, 9.17) is 0 Å². The average Bonchev–Trinajstić information content (AvgIpc) is 2.70. The molecule has 0 spiro atoms. The minimum Gasteiger partial charge on any atom is -0.345 e. The van der Waals surface area contributed by atoms with E-state index in [0.717, 1.165) is 11.9 Å². The summed E-state index contributed by atoms with van der Waals surface area (Å²) >= 11 is 0. The normalized spacial score (nSPS) is 23.1. The Bertz CT molecular complexity index is 876. The van der Waals surface area contributed by atoms with E-state index in [-0.39, 0.29) is 17.9 Å². The van der Waals surface area contributed by atoms with E-state index in [9.17, 15) is 9.59 Å². The molecular formula is C21H28N4O2. The Hall–Kier alpha value is -2.21. The van der Waals surface area contributed by atoms with Gasteiger partial charge in [-0.05, 0) is 50.8 Å². The fraction of sp³-hybridized carbons (Fsp3) is 0.571. The van der Waals surface area contributed by atoms with E-state index < -0.39 is 0 Å². The van der Waals surface area contributed by atoms with E-state index in [0.29, 0.717) is 23.0 Å². The second-order valence-corrected chi connectivity index (χ2v) is 8.00. The maximum absolute atomic E-state index is 12.9. The molecule has 0 saturated carbocycles. The highest BCUT2D eigenvalue weighted by molar-refractivity contribution is 5.88. The molecule has 0 aliphatic carbocycles. The summed E-state index contributed by atoms with van der Waals surface area (Å²) < 4.78 is 0. The molecule has 27 heavy (non-hydrogen) atoms. The number of rotatable bonds is 4. The summed E-state index contributed by atoms with van der Waals surface area (Å²) in [4.78, 5) is 29.3. The third-order valence-corrected chi connectivity index (χ3v) is 6.26. The molecule has 6 nitrogen and oxygen atoms in total. The second-order valence-electron chi connectivity index (χ2n) is 8.00. The van der Waals surface area contributed by atoms with Gasteiger partial charge in [0, 0.05) is 25.0 Å². The van der Waals surface area contributed by atoms with Gasteiger partial charge in [0.05, 0.1) is 17.5 Å². The first kappa shape index (κ1) is 18.2. The van der Waals surface area contributed by atoms with Crippen molar-refractivity contribution in [2.75, 3.05) is 26.7 Å². The lowest BCUT2D eigenvalue weighted by molar-refractivity contribution is -0.130. The maximum atomic E-state index is 12.9. The highest BCUT2D eigenvalue weighted by Crippen LogP contribution is 2.31. The molecule has 1 amide bonds. The number of fused-ring (bicyclic) bond motifs is 2. The van der Waals surface area contributed by atoms with E-state index in [1.165, 1.54) is 45.2 Å². The molecule has 0 unspecified atom stereocenters. The molecule has 0 bridgehead atoms. The Morgan fingerprint density at radius 2 is 1.96 bits per heavy atom. The van der Waals surface area contributed by atoms with Crippen LogP contribution in [0.1, 0.15) is 37.8 Å². The number of hydrogen-bond acceptors (Lipinski definition) is 4. The Labute approximate surface area is 159 Å². The Morgan fingerprint density at radius 3 is 2.81 bits per heavy atom. The molecule has 4 rings (SSSR count). The third kappa shape index (κ3) is 3.76. The molecular weight excluding hydrogens is 340 g/mol. The molecule has 1 N–H and O–H groups in total. The maximum Gasteiger partial charge on any atom is 0.272 e. The zero-order chi connectivity index (χ0) is 18.8. The second kappa shape index (κ2) is 7.80. The summed E-state index contributed by atoms with van der Waals surface area (Å²) in [5, 5.41) is 8.02. The summed E-state index contributed by atoms with van der Waals surface area (Å²) in [7, 11) is 1.90. The molecule has 6 heteroatoms. The van der Waals surface area contributed by atoms with Gasteiger partial charge in [-0.3, -0.25) is 9.59 Å². The number of carbonyl (C=O) groups excluding carboxylic acids is 1. The van der Waals surface area contributed by atoms with Gasteiger partial charge in [-0.15, -0.1) is 0 Å². The number of nitrogens with zero attached hydrogens (tertiary/aromatic N) is 3. The van der Waals surface area contributed by atoms with Crippen LogP contribution in [0.4, 0.5) is 0 Å². The predicted octanol–water partition coefficient (Wildman–Crippen LogP) is 2.19. The molecule has 3 heterocycles. The number of aromatic nitrogens is 2. The number of hydrogen-bond donors (Lipinski definition) is 1. The lowest BCUT2D eigenvalue weighted by atomic mass is 9.83. The van der Waals surface area contributed by atoms with Gasteiger partial charge >= 0.3 is 0 Å². The fourth-order valence-corrected chi connectivity index (χ4v) is 4.83. The Morgan fingerprint density at radius 1 is 1.19 bits per heavy atom. The Balaban J connectivity index is 1.45. The Kier molecular flexibility index (Phi) is 5.25. The number of nitrogens with one attached hydrogen (secondary N) is 1. The summed E-state index contributed by atoms with van der Waals surface area (Å²) in [6.45, 7) is 3.24. The van der Waals surface area contributed by atoms with Crippen molar-refractivity contribution in [3.8, 4) is 0 Å². The molecule has 2 aliphatic rings. The van der Waals surface area contributed by atoms with Crippen molar-refractivity contribution in [2.45, 2.75) is 44.6 Å².